The van der Waals surface area contributed by atoms with Gasteiger partial charge in [0.25, 0.3) is 0 Å². The minimum Gasteiger partial charge on any atom is -0.323 e. The minimum absolute atomic E-state index is 0.0365. The number of carbonyl (C=O) groups excluding carboxylic acids is 1. The van der Waals surface area contributed by atoms with Crippen molar-refractivity contribution in [3.8, 4) is 5.69 Å². The molecule has 6 nitrogen and oxygen atoms in total. The summed E-state index contributed by atoms with van der Waals surface area (Å²) in [6, 6.07) is 5.30. The molecule has 3 rings (SSSR count). The maximum absolute atomic E-state index is 12.3. The second-order valence-electron chi connectivity index (χ2n) is 5.39. The van der Waals surface area contributed by atoms with Crippen LogP contribution in [0.15, 0.2) is 30.9 Å². The summed E-state index contributed by atoms with van der Waals surface area (Å²) >= 11 is 6.05. The lowest BCUT2D eigenvalue weighted by Gasteiger charge is -2.25. The molecular weight excluding hydrogens is 302 g/mol. The van der Waals surface area contributed by atoms with E-state index >= 15 is 0 Å². The van der Waals surface area contributed by atoms with Crippen molar-refractivity contribution < 1.29 is 4.79 Å². The number of benzene rings is 1. The van der Waals surface area contributed by atoms with Crippen LogP contribution in [-0.2, 0) is 4.79 Å². The summed E-state index contributed by atoms with van der Waals surface area (Å²) in [5.74, 6) is -0.0365. The fourth-order valence-corrected chi connectivity index (χ4v) is 2.82. The number of nitrogens with one attached hydrogen (secondary N) is 1. The highest BCUT2D eigenvalue weighted by Gasteiger charge is 2.15. The van der Waals surface area contributed by atoms with Gasteiger partial charge in [-0.3, -0.25) is 9.69 Å². The zero-order chi connectivity index (χ0) is 15.4. The molecule has 2 aromatic rings. The summed E-state index contributed by atoms with van der Waals surface area (Å²) in [5, 5.41) is 7.60. The van der Waals surface area contributed by atoms with E-state index in [-0.39, 0.29) is 5.91 Å². The average molecular weight is 320 g/mol. The van der Waals surface area contributed by atoms with Crippen molar-refractivity contribution in [3.05, 3.63) is 35.9 Å². The predicted octanol–water partition coefficient (Wildman–Crippen LogP) is 2.35. The molecule has 0 bridgehead atoms. The van der Waals surface area contributed by atoms with Gasteiger partial charge in [-0.15, -0.1) is 0 Å². The lowest BCUT2D eigenvalue weighted by molar-refractivity contribution is -0.117. The Balaban J connectivity index is 1.73. The van der Waals surface area contributed by atoms with E-state index in [0.717, 1.165) is 31.6 Å². The quantitative estimate of drug-likeness (QED) is 0.939. The van der Waals surface area contributed by atoms with Crippen molar-refractivity contribution in [2.45, 2.75) is 19.3 Å². The SMILES string of the molecule is O=C(CN1CCCCC1)Nc1cc(Cl)ccc1-n1cncn1. The van der Waals surface area contributed by atoms with Crippen LogP contribution in [0.2, 0.25) is 5.02 Å². The van der Waals surface area contributed by atoms with E-state index in [2.05, 4.69) is 20.3 Å². The average Bonchev–Trinajstić information content (AvgIpc) is 3.02. The maximum atomic E-state index is 12.3. The summed E-state index contributed by atoms with van der Waals surface area (Å²) in [6.45, 7) is 2.38. The molecule has 22 heavy (non-hydrogen) atoms. The molecule has 1 N–H and O–H groups in total. The van der Waals surface area contributed by atoms with Gasteiger partial charge in [-0.2, -0.15) is 5.10 Å². The minimum atomic E-state index is -0.0365. The van der Waals surface area contributed by atoms with Gasteiger partial charge in [0.2, 0.25) is 5.91 Å². The van der Waals surface area contributed by atoms with E-state index in [0.29, 0.717) is 17.3 Å². The third-order valence-corrected chi connectivity index (χ3v) is 3.95. The number of carbonyl (C=O) groups is 1. The Labute approximate surface area is 134 Å². The normalized spacial score (nSPS) is 15.7. The zero-order valence-corrected chi connectivity index (χ0v) is 13.0. The molecule has 1 fully saturated rings. The molecule has 1 aliphatic heterocycles. The zero-order valence-electron chi connectivity index (χ0n) is 12.2. The molecule has 2 heterocycles. The first-order chi connectivity index (χ1) is 10.7. The fraction of sp³-hybridized carbons (Fsp3) is 0.400. The van der Waals surface area contributed by atoms with Crippen molar-refractivity contribution in [1.29, 1.82) is 0 Å². The number of hydrogen-bond acceptors (Lipinski definition) is 4. The number of nitrogens with zero attached hydrogens (tertiary/aromatic N) is 4. The lowest BCUT2D eigenvalue weighted by Crippen LogP contribution is -2.37. The summed E-state index contributed by atoms with van der Waals surface area (Å²) in [7, 11) is 0. The molecule has 0 unspecified atom stereocenters. The predicted molar refractivity (Wildman–Crippen MR) is 85.3 cm³/mol. The number of amides is 1. The van der Waals surface area contributed by atoms with E-state index in [9.17, 15) is 4.79 Å². The van der Waals surface area contributed by atoms with Crippen LogP contribution in [0, 0.1) is 0 Å². The Kier molecular flexibility index (Phi) is 4.70. The number of anilines is 1. The topological polar surface area (TPSA) is 63.1 Å². The Morgan fingerprint density at radius 3 is 2.82 bits per heavy atom. The van der Waals surface area contributed by atoms with Crippen LogP contribution in [0.4, 0.5) is 5.69 Å². The van der Waals surface area contributed by atoms with E-state index in [1.165, 1.54) is 12.7 Å². The van der Waals surface area contributed by atoms with Gasteiger partial charge >= 0.3 is 0 Å². The Morgan fingerprint density at radius 1 is 1.27 bits per heavy atom. The van der Waals surface area contributed by atoms with Gasteiger partial charge in [0.05, 0.1) is 17.9 Å². The van der Waals surface area contributed by atoms with Crippen LogP contribution < -0.4 is 5.32 Å². The van der Waals surface area contributed by atoms with Crippen molar-refractivity contribution in [2.75, 3.05) is 25.0 Å². The van der Waals surface area contributed by atoms with E-state index in [4.69, 9.17) is 11.6 Å². The van der Waals surface area contributed by atoms with Gasteiger partial charge in [0.15, 0.2) is 0 Å². The summed E-state index contributed by atoms with van der Waals surface area (Å²) < 4.78 is 1.60. The molecule has 0 radical (unpaired) electrons. The molecule has 1 aliphatic rings. The number of aromatic nitrogens is 3. The molecule has 0 saturated carbocycles. The Hall–Kier alpha value is -1.92. The third kappa shape index (κ3) is 3.64. The van der Waals surface area contributed by atoms with E-state index < -0.39 is 0 Å². The van der Waals surface area contributed by atoms with Crippen LogP contribution in [0.1, 0.15) is 19.3 Å². The fourth-order valence-electron chi connectivity index (χ4n) is 2.65. The number of hydrogen-bond donors (Lipinski definition) is 1. The standard InChI is InChI=1S/C15H18ClN5O/c16-12-4-5-14(21-11-17-10-18-21)13(8-12)19-15(22)9-20-6-2-1-3-7-20/h4-5,8,10-11H,1-3,6-7,9H2,(H,19,22). The molecule has 0 aliphatic carbocycles. The number of piperidine rings is 1. The summed E-state index contributed by atoms with van der Waals surface area (Å²) in [6.07, 6.45) is 6.61. The molecular formula is C15H18ClN5O. The largest absolute Gasteiger partial charge is 0.323 e. The second-order valence-corrected chi connectivity index (χ2v) is 5.82. The smallest absolute Gasteiger partial charge is 0.238 e. The summed E-state index contributed by atoms with van der Waals surface area (Å²) in [5.41, 5.74) is 1.38. The lowest BCUT2D eigenvalue weighted by atomic mass is 10.1. The van der Waals surface area contributed by atoms with Crippen LogP contribution in [0.5, 0.6) is 0 Å². The highest BCUT2D eigenvalue weighted by molar-refractivity contribution is 6.31. The number of halogens is 1. The van der Waals surface area contributed by atoms with Gasteiger partial charge < -0.3 is 5.32 Å². The molecule has 1 aromatic carbocycles. The Morgan fingerprint density at radius 2 is 2.09 bits per heavy atom. The van der Waals surface area contributed by atoms with Crippen LogP contribution >= 0.6 is 11.6 Å². The van der Waals surface area contributed by atoms with Crippen LogP contribution in [0.3, 0.4) is 0 Å². The van der Waals surface area contributed by atoms with E-state index in [1.54, 1.807) is 23.1 Å². The van der Waals surface area contributed by atoms with Crippen molar-refractivity contribution >= 4 is 23.2 Å². The van der Waals surface area contributed by atoms with E-state index in [1.807, 2.05) is 6.07 Å². The van der Waals surface area contributed by atoms with Crippen LogP contribution in [0.25, 0.3) is 5.69 Å². The molecule has 0 atom stereocenters. The van der Waals surface area contributed by atoms with Crippen molar-refractivity contribution in [1.82, 2.24) is 19.7 Å². The molecule has 1 aromatic heterocycles. The number of rotatable bonds is 4. The first-order valence-corrected chi connectivity index (χ1v) is 7.77. The van der Waals surface area contributed by atoms with Gasteiger partial charge in [0.1, 0.15) is 12.7 Å². The molecule has 7 heteroatoms. The van der Waals surface area contributed by atoms with Gasteiger partial charge in [0, 0.05) is 5.02 Å². The van der Waals surface area contributed by atoms with Crippen molar-refractivity contribution in [2.24, 2.45) is 0 Å². The molecule has 1 saturated heterocycles. The second kappa shape index (κ2) is 6.89. The van der Waals surface area contributed by atoms with Crippen molar-refractivity contribution in [3.63, 3.8) is 0 Å². The number of likely N-dealkylation sites (tertiary alicyclic amines) is 1. The molecule has 1 amide bonds. The van der Waals surface area contributed by atoms with Gasteiger partial charge in [-0.05, 0) is 44.1 Å². The summed E-state index contributed by atoms with van der Waals surface area (Å²) in [4.78, 5) is 18.4. The highest BCUT2D eigenvalue weighted by Crippen LogP contribution is 2.24. The third-order valence-electron chi connectivity index (χ3n) is 3.71. The van der Waals surface area contributed by atoms with Crippen LogP contribution in [-0.4, -0.2) is 45.2 Å². The Bertz CT molecular complexity index is 637. The maximum Gasteiger partial charge on any atom is 0.238 e. The first kappa shape index (κ1) is 15.0. The first-order valence-electron chi connectivity index (χ1n) is 7.39. The highest BCUT2D eigenvalue weighted by atomic mass is 35.5. The van der Waals surface area contributed by atoms with Gasteiger partial charge in [-0.1, -0.05) is 18.0 Å². The monoisotopic (exact) mass is 319 g/mol. The molecule has 116 valence electrons. The van der Waals surface area contributed by atoms with Gasteiger partial charge in [-0.25, -0.2) is 9.67 Å². The molecule has 0 spiro atoms.